The largest absolute Gasteiger partial charge is 1.00 e. The van der Waals surface area contributed by atoms with Crippen LogP contribution in [0.4, 0.5) is 0 Å². The molecule has 0 heterocycles. The predicted octanol–water partition coefficient (Wildman–Crippen LogP) is -0.863. The van der Waals surface area contributed by atoms with Crippen LogP contribution in [0.25, 0.3) is 11.1 Å². The molecule has 2 nitrogen and oxygen atoms in total. The second-order valence-electron chi connectivity index (χ2n) is 3.01. The van der Waals surface area contributed by atoms with Crippen LogP contribution in [0.3, 0.4) is 0 Å². The van der Waals surface area contributed by atoms with Crippen molar-refractivity contribution in [2.24, 2.45) is 0 Å². The zero-order chi connectivity index (χ0) is 9.97. The van der Waals surface area contributed by atoms with Gasteiger partial charge in [-0.3, -0.25) is 0 Å². The predicted molar refractivity (Wildman–Crippen MR) is 53.0 cm³/mol. The number of phenolic OH excluding ortho intramolecular Hbond substituents is 1. The maximum Gasteiger partial charge on any atom is 1.00 e. The van der Waals surface area contributed by atoms with E-state index in [-0.39, 0.29) is 62.9 Å². The maximum atomic E-state index is 11.5. The summed E-state index contributed by atoms with van der Waals surface area (Å²) in [4.78, 5) is 0. The molecule has 0 amide bonds. The molecule has 0 saturated carbocycles. The Kier molecular flexibility index (Phi) is 4.82. The van der Waals surface area contributed by atoms with Crippen LogP contribution in [0, 0.1) is 0 Å². The van der Waals surface area contributed by atoms with Crippen molar-refractivity contribution in [1.29, 1.82) is 0 Å². The monoisotopic (exact) mass is 224 g/mol. The summed E-state index contributed by atoms with van der Waals surface area (Å²) in [6.45, 7) is 0. The molecule has 2 rings (SSSR count). The summed E-state index contributed by atoms with van der Waals surface area (Å²) in [5.41, 5.74) is 1.11. The second-order valence-corrected chi connectivity index (χ2v) is 3.01. The van der Waals surface area contributed by atoms with Gasteiger partial charge in [0.1, 0.15) is 5.75 Å². The van der Waals surface area contributed by atoms with Crippen LogP contribution in [-0.2, 0) is 0 Å². The second kappa shape index (κ2) is 5.68. The van der Waals surface area contributed by atoms with Gasteiger partial charge in [0.05, 0.1) is 0 Å². The van der Waals surface area contributed by atoms with Crippen molar-refractivity contribution >= 4 is 0 Å². The standard InChI is InChI=1S/C12H10O2.K/c13-11-7-3-1-5-9(11)10-6-2-4-8-12(10)14;/h1-8,13-14H;/q;+1/p-1. The fraction of sp³-hybridized carbons (Fsp3) is 0. The van der Waals surface area contributed by atoms with Gasteiger partial charge in [0.25, 0.3) is 0 Å². The van der Waals surface area contributed by atoms with Gasteiger partial charge in [0.15, 0.2) is 0 Å². The molecular formula is C12H9KO2. The van der Waals surface area contributed by atoms with Gasteiger partial charge in [-0.15, -0.1) is 5.75 Å². The quantitative estimate of drug-likeness (QED) is 0.640. The molecule has 0 saturated heterocycles. The van der Waals surface area contributed by atoms with Gasteiger partial charge in [-0.2, -0.15) is 0 Å². The van der Waals surface area contributed by atoms with E-state index < -0.39 is 0 Å². The molecule has 0 aliphatic carbocycles. The van der Waals surface area contributed by atoms with Gasteiger partial charge in [-0.1, -0.05) is 42.5 Å². The SMILES string of the molecule is [K+].[O-]c1ccccc1-c1ccccc1O. The number of aromatic hydroxyl groups is 1. The van der Waals surface area contributed by atoms with E-state index in [1.165, 1.54) is 6.07 Å². The van der Waals surface area contributed by atoms with Crippen LogP contribution < -0.4 is 56.5 Å². The number of phenols is 1. The third-order valence-electron chi connectivity index (χ3n) is 2.08. The van der Waals surface area contributed by atoms with Crippen molar-refractivity contribution in [3.05, 3.63) is 48.5 Å². The average Bonchev–Trinajstić information content (AvgIpc) is 2.20. The van der Waals surface area contributed by atoms with Crippen molar-refractivity contribution in [1.82, 2.24) is 0 Å². The Bertz CT molecular complexity index is 411. The Morgan fingerprint density at radius 1 is 0.800 bits per heavy atom. The van der Waals surface area contributed by atoms with Crippen LogP contribution in [-0.4, -0.2) is 5.11 Å². The fourth-order valence-corrected chi connectivity index (χ4v) is 1.39. The minimum absolute atomic E-state index is 0. The van der Waals surface area contributed by atoms with Crippen LogP contribution in [0.5, 0.6) is 11.5 Å². The molecule has 15 heavy (non-hydrogen) atoms. The molecule has 0 aromatic heterocycles. The first kappa shape index (κ1) is 12.7. The molecule has 2 aromatic carbocycles. The van der Waals surface area contributed by atoms with E-state index in [4.69, 9.17) is 0 Å². The van der Waals surface area contributed by atoms with Gasteiger partial charge < -0.3 is 10.2 Å². The molecular weight excluding hydrogens is 215 g/mol. The van der Waals surface area contributed by atoms with Gasteiger partial charge in [0.2, 0.25) is 0 Å². The Morgan fingerprint density at radius 2 is 1.33 bits per heavy atom. The van der Waals surface area contributed by atoms with Crippen LogP contribution in [0.1, 0.15) is 0 Å². The molecule has 0 bridgehead atoms. The van der Waals surface area contributed by atoms with E-state index >= 15 is 0 Å². The molecule has 2 aromatic rings. The van der Waals surface area contributed by atoms with E-state index in [1.807, 2.05) is 0 Å². The van der Waals surface area contributed by atoms with E-state index in [0.717, 1.165) is 0 Å². The van der Waals surface area contributed by atoms with E-state index in [0.29, 0.717) is 11.1 Å². The summed E-state index contributed by atoms with van der Waals surface area (Å²) in [7, 11) is 0. The molecule has 70 valence electrons. The Labute approximate surface area is 131 Å². The van der Waals surface area contributed by atoms with Gasteiger partial charge in [-0.25, -0.2) is 0 Å². The molecule has 0 unspecified atom stereocenters. The first-order chi connectivity index (χ1) is 6.79. The maximum absolute atomic E-state index is 11.5. The van der Waals surface area contributed by atoms with Gasteiger partial charge >= 0.3 is 51.4 Å². The van der Waals surface area contributed by atoms with Crippen molar-refractivity contribution < 1.29 is 61.6 Å². The minimum atomic E-state index is -0.0750. The van der Waals surface area contributed by atoms with Crippen molar-refractivity contribution in [3.8, 4) is 22.6 Å². The number of hydrogen-bond acceptors (Lipinski definition) is 2. The summed E-state index contributed by atoms with van der Waals surface area (Å²) in [5, 5.41) is 21.0. The third kappa shape index (κ3) is 2.83. The van der Waals surface area contributed by atoms with E-state index in [9.17, 15) is 10.2 Å². The molecule has 0 fully saturated rings. The van der Waals surface area contributed by atoms with Crippen molar-refractivity contribution in [2.45, 2.75) is 0 Å². The summed E-state index contributed by atoms with van der Waals surface area (Å²) in [6.07, 6.45) is 0. The van der Waals surface area contributed by atoms with E-state index in [2.05, 4.69) is 0 Å². The zero-order valence-electron chi connectivity index (χ0n) is 8.47. The normalized spacial score (nSPS) is 9.33. The first-order valence-corrected chi connectivity index (χ1v) is 4.33. The molecule has 0 radical (unpaired) electrons. The van der Waals surface area contributed by atoms with Gasteiger partial charge in [0, 0.05) is 5.56 Å². The van der Waals surface area contributed by atoms with Crippen LogP contribution >= 0.6 is 0 Å². The van der Waals surface area contributed by atoms with Gasteiger partial charge in [-0.05, 0) is 11.6 Å². The zero-order valence-corrected chi connectivity index (χ0v) is 11.6. The molecule has 0 aliphatic rings. The third-order valence-corrected chi connectivity index (χ3v) is 2.08. The topological polar surface area (TPSA) is 43.3 Å². The average molecular weight is 224 g/mol. The number of para-hydroxylation sites is 2. The van der Waals surface area contributed by atoms with Crippen LogP contribution in [0.2, 0.25) is 0 Å². The Morgan fingerprint density at radius 3 is 1.93 bits per heavy atom. The molecule has 3 heteroatoms. The van der Waals surface area contributed by atoms with Crippen molar-refractivity contribution in [2.75, 3.05) is 0 Å². The summed E-state index contributed by atoms with van der Waals surface area (Å²) in [6, 6.07) is 13.5. The minimum Gasteiger partial charge on any atom is -0.872 e. The summed E-state index contributed by atoms with van der Waals surface area (Å²) in [5.74, 6) is 0.0600. The summed E-state index contributed by atoms with van der Waals surface area (Å²) >= 11 is 0. The van der Waals surface area contributed by atoms with Crippen molar-refractivity contribution in [3.63, 3.8) is 0 Å². The number of rotatable bonds is 1. The molecule has 0 atom stereocenters. The van der Waals surface area contributed by atoms with Crippen LogP contribution in [0.15, 0.2) is 48.5 Å². The fourth-order valence-electron chi connectivity index (χ4n) is 1.39. The first-order valence-electron chi connectivity index (χ1n) is 4.33. The number of hydrogen-bond donors (Lipinski definition) is 1. The molecule has 0 spiro atoms. The summed E-state index contributed by atoms with van der Waals surface area (Å²) < 4.78 is 0. The Hall–Kier alpha value is -0.324. The Balaban J connectivity index is 0.00000112. The number of benzene rings is 2. The molecule has 0 aliphatic heterocycles. The van der Waals surface area contributed by atoms with E-state index in [1.54, 1.807) is 42.5 Å². The smallest absolute Gasteiger partial charge is 0.872 e. The molecule has 1 N–H and O–H groups in total.